The van der Waals surface area contributed by atoms with Gasteiger partial charge in [-0.3, -0.25) is 0 Å². The monoisotopic (exact) mass is 301 g/mol. The van der Waals surface area contributed by atoms with E-state index in [0.29, 0.717) is 6.54 Å². The number of hydrogen-bond donors (Lipinski definition) is 1. The molecule has 0 aliphatic carbocycles. The summed E-state index contributed by atoms with van der Waals surface area (Å²) >= 11 is 1.67. The minimum Gasteiger partial charge on any atom is -0.326 e. The fourth-order valence-electron chi connectivity index (χ4n) is 2.54. The molecule has 2 N–H and O–H groups in total. The van der Waals surface area contributed by atoms with E-state index in [1.807, 2.05) is 0 Å². The van der Waals surface area contributed by atoms with Gasteiger partial charge in [-0.2, -0.15) is 5.10 Å². The summed E-state index contributed by atoms with van der Waals surface area (Å²) in [5.41, 5.74) is 12.0. The van der Waals surface area contributed by atoms with Crippen LogP contribution in [0.3, 0.4) is 0 Å². The van der Waals surface area contributed by atoms with Crippen molar-refractivity contribution in [3.8, 4) is 0 Å². The van der Waals surface area contributed by atoms with Crippen molar-refractivity contribution in [2.45, 2.75) is 57.0 Å². The highest BCUT2D eigenvalue weighted by atomic mass is 32.2. The Kier molecular flexibility index (Phi) is 5.37. The van der Waals surface area contributed by atoms with E-state index in [1.165, 1.54) is 21.6 Å². The van der Waals surface area contributed by atoms with Crippen LogP contribution >= 0.6 is 11.8 Å². The molecule has 0 amide bonds. The summed E-state index contributed by atoms with van der Waals surface area (Å²) in [7, 11) is 0. The summed E-state index contributed by atoms with van der Waals surface area (Å²) in [6.07, 6.45) is 1.85. The van der Waals surface area contributed by atoms with Gasteiger partial charge in [-0.25, -0.2) is 0 Å². The third-order valence-corrected chi connectivity index (χ3v) is 4.86. The van der Waals surface area contributed by atoms with Crippen LogP contribution in [0.5, 0.6) is 0 Å². The molecule has 0 saturated heterocycles. The molecule has 0 bridgehead atoms. The second kappa shape index (κ2) is 7.05. The highest BCUT2D eigenvalue weighted by molar-refractivity contribution is 7.99. The Hall–Kier alpha value is -1.39. The van der Waals surface area contributed by atoms with E-state index in [4.69, 9.17) is 5.73 Å². The van der Waals surface area contributed by atoms with E-state index in [9.17, 15) is 0 Å². The number of rotatable bonds is 5. The molecule has 3 nitrogen and oxygen atoms in total. The predicted molar refractivity (Wildman–Crippen MR) is 88.7 cm³/mol. The molecule has 0 fully saturated rings. The van der Waals surface area contributed by atoms with Crippen molar-refractivity contribution in [2.75, 3.05) is 0 Å². The lowest BCUT2D eigenvalue weighted by Crippen LogP contribution is -2.10. The molecular weight excluding hydrogens is 278 g/mol. The average molecular weight is 301 g/mol. The van der Waals surface area contributed by atoms with Crippen LogP contribution in [0, 0.1) is 13.8 Å². The predicted octanol–water partition coefficient (Wildman–Crippen LogP) is 3.83. The Labute approximate surface area is 131 Å². The van der Waals surface area contributed by atoms with Gasteiger partial charge in [-0.15, -0.1) is 5.10 Å². The van der Waals surface area contributed by atoms with E-state index in [0.717, 1.165) is 29.1 Å². The van der Waals surface area contributed by atoms with Gasteiger partial charge in [-0.05, 0) is 43.9 Å². The van der Waals surface area contributed by atoms with Gasteiger partial charge in [-0.1, -0.05) is 43.3 Å². The van der Waals surface area contributed by atoms with Crippen molar-refractivity contribution >= 4 is 11.8 Å². The van der Waals surface area contributed by atoms with Crippen LogP contribution in [-0.4, -0.2) is 10.2 Å². The maximum absolute atomic E-state index is 5.99. The van der Waals surface area contributed by atoms with E-state index >= 15 is 0 Å². The zero-order valence-electron chi connectivity index (χ0n) is 13.2. The summed E-state index contributed by atoms with van der Waals surface area (Å²) < 4.78 is 0. The minimum atomic E-state index is 0.513. The normalized spacial score (nSPS) is 10.9. The van der Waals surface area contributed by atoms with Gasteiger partial charge in [0.15, 0.2) is 0 Å². The van der Waals surface area contributed by atoms with E-state index < -0.39 is 0 Å². The topological polar surface area (TPSA) is 51.8 Å². The molecule has 4 heteroatoms. The van der Waals surface area contributed by atoms with Gasteiger partial charge in [0.1, 0.15) is 5.03 Å². The highest BCUT2D eigenvalue weighted by Gasteiger charge is 2.15. The van der Waals surface area contributed by atoms with Crippen molar-refractivity contribution in [2.24, 2.45) is 5.73 Å². The van der Waals surface area contributed by atoms with Gasteiger partial charge in [0, 0.05) is 17.0 Å². The summed E-state index contributed by atoms with van der Waals surface area (Å²) in [5.74, 6) is 0. The van der Waals surface area contributed by atoms with Gasteiger partial charge in [0.2, 0.25) is 0 Å². The summed E-state index contributed by atoms with van der Waals surface area (Å²) in [6, 6.07) is 6.47. The van der Waals surface area contributed by atoms with Crippen LogP contribution in [0.1, 0.15) is 41.8 Å². The molecule has 0 aliphatic heterocycles. The first kappa shape index (κ1) is 16.0. The molecule has 21 heavy (non-hydrogen) atoms. The number of hydrogen-bond acceptors (Lipinski definition) is 4. The summed E-state index contributed by atoms with van der Waals surface area (Å²) in [5, 5.41) is 9.76. The van der Waals surface area contributed by atoms with E-state index in [-0.39, 0.29) is 0 Å². The molecule has 112 valence electrons. The standard InChI is InChI=1S/C17H23N3S/c1-5-13-14(10-18)17(20-19-15(13)6-2)21-16-8-7-11(3)9-12(16)4/h7-9H,5-6,10,18H2,1-4H3. The highest BCUT2D eigenvalue weighted by Crippen LogP contribution is 2.33. The van der Waals surface area contributed by atoms with Crippen molar-refractivity contribution < 1.29 is 0 Å². The molecule has 0 unspecified atom stereocenters. The first-order valence-electron chi connectivity index (χ1n) is 7.43. The van der Waals surface area contributed by atoms with Crippen LogP contribution in [0.4, 0.5) is 0 Å². The average Bonchev–Trinajstić information content (AvgIpc) is 2.49. The summed E-state index contributed by atoms with van der Waals surface area (Å²) in [4.78, 5) is 1.22. The van der Waals surface area contributed by atoms with Crippen LogP contribution in [0.2, 0.25) is 0 Å². The van der Waals surface area contributed by atoms with Crippen molar-refractivity contribution in [1.82, 2.24) is 10.2 Å². The minimum absolute atomic E-state index is 0.513. The zero-order valence-corrected chi connectivity index (χ0v) is 14.0. The van der Waals surface area contributed by atoms with Crippen molar-refractivity contribution in [1.29, 1.82) is 0 Å². The molecular formula is C17H23N3S. The SMILES string of the molecule is CCc1nnc(Sc2ccc(C)cc2C)c(CN)c1CC. The number of benzene rings is 1. The Morgan fingerprint density at radius 1 is 1.05 bits per heavy atom. The first-order valence-corrected chi connectivity index (χ1v) is 8.24. The molecule has 1 heterocycles. The van der Waals surface area contributed by atoms with Crippen LogP contribution in [-0.2, 0) is 19.4 Å². The van der Waals surface area contributed by atoms with Gasteiger partial charge in [0.25, 0.3) is 0 Å². The van der Waals surface area contributed by atoms with Gasteiger partial charge in [0.05, 0.1) is 5.69 Å². The van der Waals surface area contributed by atoms with Crippen molar-refractivity contribution in [3.63, 3.8) is 0 Å². The Morgan fingerprint density at radius 2 is 1.81 bits per heavy atom. The van der Waals surface area contributed by atoms with E-state index in [2.05, 4.69) is 56.1 Å². The third-order valence-electron chi connectivity index (χ3n) is 3.66. The second-order valence-corrected chi connectivity index (χ2v) is 6.22. The van der Waals surface area contributed by atoms with Crippen molar-refractivity contribution in [3.05, 3.63) is 46.1 Å². The maximum atomic E-state index is 5.99. The lowest BCUT2D eigenvalue weighted by Gasteiger charge is -2.14. The molecule has 0 radical (unpaired) electrons. The molecule has 1 aromatic carbocycles. The zero-order chi connectivity index (χ0) is 15.4. The second-order valence-electron chi connectivity index (χ2n) is 5.19. The van der Waals surface area contributed by atoms with Crippen LogP contribution in [0.25, 0.3) is 0 Å². The van der Waals surface area contributed by atoms with Gasteiger partial charge < -0.3 is 5.73 Å². The lowest BCUT2D eigenvalue weighted by atomic mass is 10.0. The Balaban J connectivity index is 2.44. The fourth-order valence-corrected chi connectivity index (χ4v) is 3.52. The van der Waals surface area contributed by atoms with Gasteiger partial charge >= 0.3 is 0 Å². The number of nitrogens with zero attached hydrogens (tertiary/aromatic N) is 2. The third kappa shape index (κ3) is 3.44. The quantitative estimate of drug-likeness (QED) is 0.912. The summed E-state index contributed by atoms with van der Waals surface area (Å²) in [6.45, 7) is 9.02. The van der Waals surface area contributed by atoms with Crippen LogP contribution < -0.4 is 5.73 Å². The lowest BCUT2D eigenvalue weighted by molar-refractivity contribution is 0.782. The molecule has 2 rings (SSSR count). The number of nitrogens with two attached hydrogens (primary N) is 1. The number of aromatic nitrogens is 2. The molecule has 2 aromatic rings. The maximum Gasteiger partial charge on any atom is 0.128 e. The van der Waals surface area contributed by atoms with E-state index in [1.54, 1.807) is 11.8 Å². The molecule has 0 saturated carbocycles. The molecule has 0 aliphatic rings. The number of aryl methyl sites for hydroxylation is 3. The molecule has 1 aromatic heterocycles. The first-order chi connectivity index (χ1) is 10.1. The molecule has 0 spiro atoms. The van der Waals surface area contributed by atoms with Crippen LogP contribution in [0.15, 0.2) is 28.1 Å². The fraction of sp³-hybridized carbons (Fsp3) is 0.412. The Bertz CT molecular complexity index is 638. The smallest absolute Gasteiger partial charge is 0.128 e. The molecule has 0 atom stereocenters. The Morgan fingerprint density at radius 3 is 2.38 bits per heavy atom. The largest absolute Gasteiger partial charge is 0.326 e.